The highest BCUT2D eigenvalue weighted by Gasteiger charge is 2.00. The Labute approximate surface area is 68.2 Å². The highest BCUT2D eigenvalue weighted by molar-refractivity contribution is 7.89. The van der Waals surface area contributed by atoms with Crippen molar-refractivity contribution in [3.05, 3.63) is 0 Å². The fourth-order valence-electron chi connectivity index (χ4n) is 0.605. The summed E-state index contributed by atoms with van der Waals surface area (Å²) in [4.78, 5) is 0. The van der Waals surface area contributed by atoms with Crippen LogP contribution in [0.4, 0.5) is 0 Å². The van der Waals surface area contributed by atoms with Crippen molar-refractivity contribution in [2.75, 3.05) is 18.8 Å². The fraction of sp³-hybridized carbons (Fsp3) is 1.00. The molecule has 0 heterocycles. The van der Waals surface area contributed by atoms with Gasteiger partial charge in [0.1, 0.15) is 0 Å². The van der Waals surface area contributed by atoms with E-state index >= 15 is 0 Å². The van der Waals surface area contributed by atoms with Crippen LogP contribution in [-0.2, 0) is 10.0 Å². The maximum atomic E-state index is 10.4. The summed E-state index contributed by atoms with van der Waals surface area (Å²) < 4.78 is 20.8. The highest BCUT2D eigenvalue weighted by Crippen LogP contribution is 1.86. The van der Waals surface area contributed by atoms with E-state index in [0.29, 0.717) is 12.5 Å². The predicted molar refractivity (Wildman–Crippen MR) is 45.7 cm³/mol. The molecule has 0 aromatic carbocycles. The molecule has 0 aromatic heterocycles. The number of sulfonamides is 1. The molecular weight excluding hydrogens is 164 g/mol. The lowest BCUT2D eigenvalue weighted by Crippen LogP contribution is -2.29. The first-order chi connectivity index (χ1) is 4.92. The van der Waals surface area contributed by atoms with Gasteiger partial charge >= 0.3 is 0 Å². The molecule has 0 bridgehead atoms. The molecule has 0 amide bonds. The standard InChI is InChI=1S/C6H16N2O2S/c1-6(2)5-8-3-4-11(7,9)10/h6,8H,3-5H2,1-2H3,(H2,7,9,10). The molecule has 0 fully saturated rings. The molecular formula is C6H16N2O2S. The summed E-state index contributed by atoms with van der Waals surface area (Å²) in [5.41, 5.74) is 0. The van der Waals surface area contributed by atoms with Crippen LogP contribution in [0.3, 0.4) is 0 Å². The Kier molecular flexibility index (Phi) is 4.63. The Morgan fingerprint density at radius 2 is 2.00 bits per heavy atom. The van der Waals surface area contributed by atoms with Crippen LogP contribution in [-0.4, -0.2) is 27.3 Å². The van der Waals surface area contributed by atoms with E-state index in [1.807, 2.05) is 0 Å². The minimum Gasteiger partial charge on any atom is -0.315 e. The van der Waals surface area contributed by atoms with E-state index in [1.165, 1.54) is 0 Å². The SMILES string of the molecule is CC(C)CNCCS(N)(=O)=O. The molecule has 0 atom stereocenters. The summed E-state index contributed by atoms with van der Waals surface area (Å²) in [7, 11) is -3.28. The van der Waals surface area contributed by atoms with Crippen LogP contribution in [0.2, 0.25) is 0 Å². The van der Waals surface area contributed by atoms with Crippen molar-refractivity contribution in [1.29, 1.82) is 0 Å². The number of nitrogens with one attached hydrogen (secondary N) is 1. The molecule has 11 heavy (non-hydrogen) atoms. The number of hydrogen-bond acceptors (Lipinski definition) is 3. The molecule has 68 valence electrons. The molecule has 0 radical (unpaired) electrons. The van der Waals surface area contributed by atoms with Crippen LogP contribution in [0.1, 0.15) is 13.8 Å². The average molecular weight is 180 g/mol. The third kappa shape index (κ3) is 9.87. The molecule has 5 heteroatoms. The number of nitrogens with two attached hydrogens (primary N) is 1. The molecule has 0 unspecified atom stereocenters. The Bertz CT molecular complexity index is 187. The molecule has 3 N–H and O–H groups in total. The summed E-state index contributed by atoms with van der Waals surface area (Å²) in [5, 5.41) is 7.77. The van der Waals surface area contributed by atoms with E-state index in [2.05, 4.69) is 19.2 Å². The van der Waals surface area contributed by atoms with Crippen molar-refractivity contribution in [2.45, 2.75) is 13.8 Å². The van der Waals surface area contributed by atoms with E-state index in [0.717, 1.165) is 6.54 Å². The van der Waals surface area contributed by atoms with Crippen LogP contribution in [0.15, 0.2) is 0 Å². The summed E-state index contributed by atoms with van der Waals surface area (Å²) in [5.74, 6) is 0.551. The van der Waals surface area contributed by atoms with Crippen LogP contribution < -0.4 is 10.5 Å². The highest BCUT2D eigenvalue weighted by atomic mass is 32.2. The lowest BCUT2D eigenvalue weighted by molar-refractivity contribution is 0.557. The molecule has 0 aliphatic rings. The molecule has 0 aliphatic heterocycles. The van der Waals surface area contributed by atoms with E-state index in [4.69, 9.17) is 5.14 Å². The summed E-state index contributed by atoms with van der Waals surface area (Å²) in [6, 6.07) is 0. The van der Waals surface area contributed by atoms with Gasteiger partial charge in [-0.1, -0.05) is 13.8 Å². The Balaban J connectivity index is 3.30. The lowest BCUT2D eigenvalue weighted by Gasteiger charge is -2.05. The Morgan fingerprint density at radius 1 is 1.45 bits per heavy atom. The van der Waals surface area contributed by atoms with Crippen molar-refractivity contribution >= 4 is 10.0 Å². The van der Waals surface area contributed by atoms with E-state index in [-0.39, 0.29) is 5.75 Å². The lowest BCUT2D eigenvalue weighted by atomic mass is 10.2. The summed E-state index contributed by atoms with van der Waals surface area (Å²) >= 11 is 0. The quantitative estimate of drug-likeness (QED) is 0.561. The maximum absolute atomic E-state index is 10.4. The molecule has 0 spiro atoms. The zero-order valence-electron chi connectivity index (χ0n) is 7.00. The van der Waals surface area contributed by atoms with Crippen LogP contribution >= 0.6 is 0 Å². The minimum absolute atomic E-state index is 0.0136. The maximum Gasteiger partial charge on any atom is 0.210 e. The third-order valence-electron chi connectivity index (χ3n) is 1.12. The smallest absolute Gasteiger partial charge is 0.210 e. The second kappa shape index (κ2) is 4.69. The van der Waals surface area contributed by atoms with Gasteiger partial charge in [0.05, 0.1) is 5.75 Å². The van der Waals surface area contributed by atoms with Gasteiger partial charge in [0.2, 0.25) is 10.0 Å². The van der Waals surface area contributed by atoms with Gasteiger partial charge in [-0.25, -0.2) is 13.6 Å². The van der Waals surface area contributed by atoms with Crippen LogP contribution in [0.5, 0.6) is 0 Å². The van der Waals surface area contributed by atoms with Gasteiger partial charge in [0.15, 0.2) is 0 Å². The van der Waals surface area contributed by atoms with Gasteiger partial charge in [-0.15, -0.1) is 0 Å². The van der Waals surface area contributed by atoms with Crippen molar-refractivity contribution in [3.63, 3.8) is 0 Å². The average Bonchev–Trinajstić information content (AvgIpc) is 1.78. The Hall–Kier alpha value is -0.130. The largest absolute Gasteiger partial charge is 0.315 e. The zero-order valence-corrected chi connectivity index (χ0v) is 7.82. The molecule has 0 saturated heterocycles. The van der Waals surface area contributed by atoms with Crippen molar-refractivity contribution in [1.82, 2.24) is 5.32 Å². The zero-order chi connectivity index (χ0) is 8.91. The van der Waals surface area contributed by atoms with E-state index in [9.17, 15) is 8.42 Å². The fourth-order valence-corrected chi connectivity index (χ4v) is 1.03. The van der Waals surface area contributed by atoms with Gasteiger partial charge in [0, 0.05) is 6.54 Å². The Morgan fingerprint density at radius 3 is 2.36 bits per heavy atom. The molecule has 0 aromatic rings. The minimum atomic E-state index is -3.28. The second-order valence-corrected chi connectivity index (χ2v) is 4.70. The monoisotopic (exact) mass is 180 g/mol. The van der Waals surface area contributed by atoms with Crippen LogP contribution in [0, 0.1) is 5.92 Å². The third-order valence-corrected chi connectivity index (χ3v) is 1.89. The topological polar surface area (TPSA) is 72.2 Å². The van der Waals surface area contributed by atoms with Gasteiger partial charge in [-0.2, -0.15) is 0 Å². The number of rotatable bonds is 5. The summed E-state index contributed by atoms with van der Waals surface area (Å²) in [6.45, 7) is 5.39. The first-order valence-electron chi connectivity index (χ1n) is 3.63. The van der Waals surface area contributed by atoms with Gasteiger partial charge in [0.25, 0.3) is 0 Å². The molecule has 0 rings (SSSR count). The number of hydrogen-bond donors (Lipinski definition) is 2. The van der Waals surface area contributed by atoms with E-state index in [1.54, 1.807) is 0 Å². The van der Waals surface area contributed by atoms with Gasteiger partial charge in [-0.3, -0.25) is 0 Å². The molecule has 4 nitrogen and oxygen atoms in total. The number of primary sulfonamides is 1. The summed E-state index contributed by atoms with van der Waals surface area (Å²) in [6.07, 6.45) is 0. The van der Waals surface area contributed by atoms with Gasteiger partial charge in [-0.05, 0) is 12.5 Å². The first kappa shape index (κ1) is 10.9. The van der Waals surface area contributed by atoms with Crippen molar-refractivity contribution < 1.29 is 8.42 Å². The predicted octanol–water partition coefficient (Wildman–Crippen LogP) is -0.479. The van der Waals surface area contributed by atoms with Crippen molar-refractivity contribution in [2.24, 2.45) is 11.1 Å². The first-order valence-corrected chi connectivity index (χ1v) is 5.34. The van der Waals surface area contributed by atoms with E-state index < -0.39 is 10.0 Å². The van der Waals surface area contributed by atoms with Crippen LogP contribution in [0.25, 0.3) is 0 Å². The normalized spacial score (nSPS) is 12.4. The molecule has 0 saturated carbocycles. The molecule has 0 aliphatic carbocycles. The van der Waals surface area contributed by atoms with Gasteiger partial charge < -0.3 is 5.32 Å². The second-order valence-electron chi connectivity index (χ2n) is 2.96. The van der Waals surface area contributed by atoms with Crippen molar-refractivity contribution in [3.8, 4) is 0 Å².